The van der Waals surface area contributed by atoms with E-state index in [1.54, 1.807) is 4.74 Å². The van der Waals surface area contributed by atoms with Crippen LogP contribution in [-0.4, -0.2) is 66.2 Å². The van der Waals surface area contributed by atoms with Crippen molar-refractivity contribution in [1.82, 2.24) is 0 Å². The quantitative estimate of drug-likeness (QED) is 0.158. The zero-order valence-corrected chi connectivity index (χ0v) is 16.7. The fourth-order valence-corrected chi connectivity index (χ4v) is 2.11. The molecule has 0 aliphatic carbocycles. The number of ether oxygens (including phenoxy) is 2. The Kier molecular flexibility index (Phi) is 8.75. The zero-order chi connectivity index (χ0) is 31.6. The minimum Gasteiger partial charge on any atom is -0.398 e. The van der Waals surface area contributed by atoms with Crippen molar-refractivity contribution >= 4 is 10.1 Å². The average molecular weight is 644 g/mol. The summed E-state index contributed by atoms with van der Waals surface area (Å²) in [6, 6.07) is -4.32. The molecule has 1 N–H and O–H groups in total. The van der Waals surface area contributed by atoms with Crippen molar-refractivity contribution in [3.05, 3.63) is 12.1 Å². The summed E-state index contributed by atoms with van der Waals surface area (Å²) in [6.07, 6.45) is -28.9. The first-order chi connectivity index (χ1) is 16.0. The van der Waals surface area contributed by atoms with Gasteiger partial charge in [-0.2, -0.15) is 101 Å². The van der Waals surface area contributed by atoms with E-state index in [1.807, 2.05) is 0 Å². The third-order valence-electron chi connectivity index (χ3n) is 3.61. The van der Waals surface area contributed by atoms with Crippen molar-refractivity contribution in [2.45, 2.75) is 53.2 Å². The predicted molar refractivity (Wildman–Crippen MR) is 68.6 cm³/mol. The molecule has 0 spiro atoms. The first kappa shape index (κ1) is 35.9. The van der Waals surface area contributed by atoms with Crippen LogP contribution in [0.25, 0.3) is 0 Å². The maximum absolute atomic E-state index is 13.7. The fourth-order valence-electron chi connectivity index (χ4n) is 1.66. The standard InChI is InChI=1S/C11HF21O5S/c12-1(13)2(14)36-10(29,30)7(23,8(24,25)26)37-9(27,28)5(19,20)3(15,16)4(17,18)6(21,22)11(31,32)38(33,34)35/h(H,33,34,35). The molecule has 5 nitrogen and oxygen atoms in total. The normalized spacial score (nSPS) is 17.2. The van der Waals surface area contributed by atoms with E-state index in [4.69, 9.17) is 4.55 Å². The Morgan fingerprint density at radius 1 is 0.553 bits per heavy atom. The molecule has 0 aliphatic heterocycles. The highest BCUT2D eigenvalue weighted by molar-refractivity contribution is 7.87. The summed E-state index contributed by atoms with van der Waals surface area (Å²) in [5.74, 6) is -43.9. The van der Waals surface area contributed by atoms with E-state index in [2.05, 4.69) is 0 Å². The Balaban J connectivity index is 7.09. The number of alkyl halides is 18. The third kappa shape index (κ3) is 5.10. The lowest BCUT2D eigenvalue weighted by atomic mass is 9.97. The molecular weight excluding hydrogens is 643 g/mol. The number of rotatable bonds is 11. The van der Waals surface area contributed by atoms with E-state index in [-0.39, 0.29) is 0 Å². The fraction of sp³-hybridized carbons (Fsp3) is 0.818. The van der Waals surface area contributed by atoms with E-state index < -0.39 is 75.4 Å². The maximum atomic E-state index is 13.7. The number of halogens is 21. The van der Waals surface area contributed by atoms with Gasteiger partial charge in [0, 0.05) is 0 Å². The summed E-state index contributed by atoms with van der Waals surface area (Å²) in [4.78, 5) is 0. The highest BCUT2D eigenvalue weighted by Gasteiger charge is 2.94. The third-order valence-corrected chi connectivity index (χ3v) is 4.52. The van der Waals surface area contributed by atoms with Crippen LogP contribution in [0.1, 0.15) is 0 Å². The van der Waals surface area contributed by atoms with Crippen LogP contribution in [0, 0.1) is 0 Å². The molecule has 1 atom stereocenters. The van der Waals surface area contributed by atoms with Gasteiger partial charge in [-0.25, -0.2) is 0 Å². The van der Waals surface area contributed by atoms with E-state index in [9.17, 15) is 101 Å². The topological polar surface area (TPSA) is 72.8 Å². The van der Waals surface area contributed by atoms with Gasteiger partial charge in [0.1, 0.15) is 0 Å². The lowest BCUT2D eigenvalue weighted by molar-refractivity contribution is -0.535. The minimum absolute atomic E-state index is 1.05. The highest BCUT2D eigenvalue weighted by atomic mass is 32.2. The van der Waals surface area contributed by atoms with Gasteiger partial charge in [0.15, 0.2) is 0 Å². The van der Waals surface area contributed by atoms with Crippen LogP contribution in [0.5, 0.6) is 0 Å². The average Bonchev–Trinajstić information content (AvgIpc) is 2.64. The van der Waals surface area contributed by atoms with E-state index in [0.29, 0.717) is 0 Å². The molecule has 0 heterocycles. The van der Waals surface area contributed by atoms with Crippen LogP contribution in [-0.2, 0) is 19.6 Å². The van der Waals surface area contributed by atoms with Gasteiger partial charge in [0.05, 0.1) is 0 Å². The molecule has 1 unspecified atom stereocenters. The number of hydrogen-bond acceptors (Lipinski definition) is 4. The summed E-state index contributed by atoms with van der Waals surface area (Å²) in [6.45, 7) is 0. The van der Waals surface area contributed by atoms with Gasteiger partial charge < -0.3 is 4.74 Å². The van der Waals surface area contributed by atoms with Crippen molar-refractivity contribution in [3.63, 3.8) is 0 Å². The lowest BCUT2D eigenvalue weighted by Crippen LogP contribution is -2.73. The van der Waals surface area contributed by atoms with Crippen LogP contribution in [0.15, 0.2) is 12.1 Å². The Morgan fingerprint density at radius 3 is 1.18 bits per heavy atom. The summed E-state index contributed by atoms with van der Waals surface area (Å²) >= 11 is 0. The molecule has 27 heteroatoms. The first-order valence-electron chi connectivity index (χ1n) is 7.51. The predicted octanol–water partition coefficient (Wildman–Crippen LogP) is 6.49. The molecule has 0 rings (SSSR count). The van der Waals surface area contributed by atoms with Crippen molar-refractivity contribution in [1.29, 1.82) is 0 Å². The van der Waals surface area contributed by atoms with Crippen molar-refractivity contribution in [2.24, 2.45) is 0 Å². The van der Waals surface area contributed by atoms with Crippen LogP contribution in [0.3, 0.4) is 0 Å². The van der Waals surface area contributed by atoms with Gasteiger partial charge in [0.2, 0.25) is 0 Å². The lowest BCUT2D eigenvalue weighted by Gasteiger charge is -2.42. The van der Waals surface area contributed by atoms with Crippen LogP contribution < -0.4 is 0 Å². The summed E-state index contributed by atoms with van der Waals surface area (Å²) < 4.78 is 304. The van der Waals surface area contributed by atoms with E-state index in [1.165, 1.54) is 0 Å². The second-order valence-corrected chi connectivity index (χ2v) is 7.62. The van der Waals surface area contributed by atoms with Gasteiger partial charge in [0.25, 0.3) is 0 Å². The SMILES string of the molecule is O=S(=O)(O)C(F)(F)C(F)(F)C(F)(F)C(F)(F)C(F)(F)C(F)(F)OC(F)(C(F)(F)F)C(F)(F)OC(F)=C(F)F. The molecule has 228 valence electrons. The highest BCUT2D eigenvalue weighted by Crippen LogP contribution is 2.62. The summed E-state index contributed by atoms with van der Waals surface area (Å²) in [5.41, 5.74) is 0. The Labute approximate surface area is 191 Å². The van der Waals surface area contributed by atoms with Crippen LogP contribution >= 0.6 is 0 Å². The maximum Gasteiger partial charge on any atom is 0.471 e. The Bertz CT molecular complexity index is 1020. The van der Waals surface area contributed by atoms with Gasteiger partial charge in [-0.1, -0.05) is 0 Å². The Morgan fingerprint density at radius 2 is 0.895 bits per heavy atom. The first-order valence-corrected chi connectivity index (χ1v) is 8.95. The molecule has 38 heavy (non-hydrogen) atoms. The summed E-state index contributed by atoms with van der Waals surface area (Å²) in [7, 11) is -8.06. The molecule has 0 radical (unpaired) electrons. The zero-order valence-electron chi connectivity index (χ0n) is 15.9. The largest absolute Gasteiger partial charge is 0.471 e. The molecule has 0 aliphatic rings. The van der Waals surface area contributed by atoms with Gasteiger partial charge in [-0.3, -0.25) is 9.29 Å². The molecule has 0 amide bonds. The minimum atomic E-state index is -9.08. The summed E-state index contributed by atoms with van der Waals surface area (Å²) in [5, 5.41) is -8.00. The molecular formula is C11HF21O5S. The van der Waals surface area contributed by atoms with E-state index >= 15 is 0 Å². The van der Waals surface area contributed by atoms with Gasteiger partial charge in [-0.15, -0.1) is 0 Å². The molecule has 0 fully saturated rings. The van der Waals surface area contributed by atoms with Crippen LogP contribution in [0.4, 0.5) is 92.2 Å². The monoisotopic (exact) mass is 644 g/mol. The van der Waals surface area contributed by atoms with Crippen molar-refractivity contribution in [2.75, 3.05) is 0 Å². The smallest absolute Gasteiger partial charge is 0.398 e. The van der Waals surface area contributed by atoms with Gasteiger partial charge in [-0.05, 0) is 0 Å². The van der Waals surface area contributed by atoms with Gasteiger partial charge >= 0.3 is 75.4 Å². The van der Waals surface area contributed by atoms with Crippen molar-refractivity contribution in [3.8, 4) is 0 Å². The molecule has 0 bridgehead atoms. The Hall–Kier alpha value is -2.06. The molecule has 0 saturated carbocycles. The second kappa shape index (κ2) is 9.26. The molecule has 0 aromatic heterocycles. The second-order valence-electron chi connectivity index (χ2n) is 6.15. The van der Waals surface area contributed by atoms with Crippen LogP contribution in [0.2, 0.25) is 0 Å². The van der Waals surface area contributed by atoms with E-state index in [0.717, 1.165) is 4.74 Å². The number of hydrogen-bond donors (Lipinski definition) is 1. The molecule has 0 aromatic rings. The molecule has 0 aromatic carbocycles. The molecule has 0 saturated heterocycles. The van der Waals surface area contributed by atoms with Crippen molar-refractivity contribution < 1.29 is 115 Å².